The van der Waals surface area contributed by atoms with Crippen LogP contribution in [0.3, 0.4) is 0 Å². The first kappa shape index (κ1) is 13.5. The van der Waals surface area contributed by atoms with Gasteiger partial charge in [0.05, 0.1) is 5.56 Å². The predicted octanol–water partition coefficient (Wildman–Crippen LogP) is 3.40. The Hall–Kier alpha value is -0.900. The van der Waals surface area contributed by atoms with Gasteiger partial charge in [-0.05, 0) is 46.3 Å². The second-order valence-corrected chi connectivity index (χ2v) is 5.91. The molecule has 1 fully saturated rings. The molecule has 3 nitrogen and oxygen atoms in total. The molecule has 1 N–H and O–H groups in total. The molecular weight excluding hydrogens is 292 g/mol. The molecule has 1 heterocycles. The van der Waals surface area contributed by atoms with Gasteiger partial charge in [-0.15, -0.1) is 0 Å². The zero-order valence-electron chi connectivity index (χ0n) is 10.7. The van der Waals surface area contributed by atoms with Crippen LogP contribution in [-0.2, 0) is 0 Å². The summed E-state index contributed by atoms with van der Waals surface area (Å²) in [5.41, 5.74) is 0.627. The number of carbonyl (C=O) groups is 1. The maximum Gasteiger partial charge on any atom is 0.252 e. The van der Waals surface area contributed by atoms with Gasteiger partial charge in [0, 0.05) is 12.7 Å². The van der Waals surface area contributed by atoms with E-state index < -0.39 is 0 Å². The van der Waals surface area contributed by atoms with E-state index in [1.807, 2.05) is 0 Å². The topological polar surface area (TPSA) is 42.0 Å². The summed E-state index contributed by atoms with van der Waals surface area (Å²) >= 11 is 3.26. The van der Waals surface area contributed by atoms with Gasteiger partial charge in [0.1, 0.15) is 4.60 Å². The molecule has 1 aromatic rings. The van der Waals surface area contributed by atoms with Crippen LogP contribution in [0.15, 0.2) is 22.9 Å². The second-order valence-electron chi connectivity index (χ2n) is 5.10. The lowest BCUT2D eigenvalue weighted by Crippen LogP contribution is -2.33. The molecule has 4 heteroatoms. The van der Waals surface area contributed by atoms with E-state index in [9.17, 15) is 4.79 Å². The predicted molar refractivity (Wildman–Crippen MR) is 75.4 cm³/mol. The maximum atomic E-state index is 11.9. The molecule has 2 unspecified atom stereocenters. The number of amides is 1. The van der Waals surface area contributed by atoms with Crippen molar-refractivity contribution in [3.8, 4) is 0 Å². The van der Waals surface area contributed by atoms with E-state index in [1.165, 1.54) is 25.7 Å². The van der Waals surface area contributed by atoms with Gasteiger partial charge in [0.25, 0.3) is 5.91 Å². The zero-order valence-corrected chi connectivity index (χ0v) is 12.2. The Kier molecular flexibility index (Phi) is 4.75. The number of hydrogen-bond acceptors (Lipinski definition) is 2. The summed E-state index contributed by atoms with van der Waals surface area (Å²) in [6.45, 7) is 3.08. The van der Waals surface area contributed by atoms with Crippen molar-refractivity contribution >= 4 is 21.8 Å². The fourth-order valence-electron chi connectivity index (χ4n) is 2.53. The van der Waals surface area contributed by atoms with Crippen molar-refractivity contribution in [2.75, 3.05) is 6.54 Å². The fourth-order valence-corrected chi connectivity index (χ4v) is 2.77. The van der Waals surface area contributed by atoms with Crippen molar-refractivity contribution in [2.45, 2.75) is 32.6 Å². The summed E-state index contributed by atoms with van der Waals surface area (Å²) in [7, 11) is 0. The molecule has 1 amide bonds. The lowest BCUT2D eigenvalue weighted by molar-refractivity contribution is 0.0936. The third-order valence-electron chi connectivity index (χ3n) is 3.80. The molecule has 2 atom stereocenters. The molecule has 0 saturated heterocycles. The second kappa shape index (κ2) is 6.32. The quantitative estimate of drug-likeness (QED) is 0.869. The van der Waals surface area contributed by atoms with Crippen molar-refractivity contribution in [1.29, 1.82) is 0 Å². The van der Waals surface area contributed by atoms with Gasteiger partial charge in [0.2, 0.25) is 0 Å². The summed E-state index contributed by atoms with van der Waals surface area (Å²) in [5.74, 6) is 1.33. The standard InChI is InChI=1S/C14H19BrN2O/c1-10-4-2-3-5-11(10)8-17-14(18)12-6-7-13(15)16-9-12/h6-7,9-11H,2-5,8H2,1H3,(H,17,18). The van der Waals surface area contributed by atoms with Crippen molar-refractivity contribution < 1.29 is 4.79 Å². The average Bonchev–Trinajstić information content (AvgIpc) is 2.38. The van der Waals surface area contributed by atoms with E-state index in [1.54, 1.807) is 18.3 Å². The van der Waals surface area contributed by atoms with Crippen LogP contribution < -0.4 is 5.32 Å². The van der Waals surface area contributed by atoms with E-state index in [4.69, 9.17) is 0 Å². The van der Waals surface area contributed by atoms with E-state index in [-0.39, 0.29) is 5.91 Å². The zero-order chi connectivity index (χ0) is 13.0. The number of hydrogen-bond donors (Lipinski definition) is 1. The number of pyridine rings is 1. The highest BCUT2D eigenvalue weighted by Gasteiger charge is 2.21. The lowest BCUT2D eigenvalue weighted by atomic mass is 9.80. The normalized spacial score (nSPS) is 23.7. The van der Waals surface area contributed by atoms with Crippen LogP contribution in [0.25, 0.3) is 0 Å². The van der Waals surface area contributed by atoms with Gasteiger partial charge < -0.3 is 5.32 Å². The molecule has 18 heavy (non-hydrogen) atoms. The SMILES string of the molecule is CC1CCCCC1CNC(=O)c1ccc(Br)nc1. The summed E-state index contributed by atoms with van der Waals surface area (Å²) in [5, 5.41) is 3.02. The summed E-state index contributed by atoms with van der Waals surface area (Å²) < 4.78 is 0.750. The smallest absolute Gasteiger partial charge is 0.252 e. The van der Waals surface area contributed by atoms with Crippen LogP contribution in [-0.4, -0.2) is 17.4 Å². The number of halogens is 1. The van der Waals surface area contributed by atoms with Crippen molar-refractivity contribution in [2.24, 2.45) is 11.8 Å². The first-order chi connectivity index (χ1) is 8.66. The van der Waals surface area contributed by atoms with Gasteiger partial charge in [-0.1, -0.05) is 26.2 Å². The van der Waals surface area contributed by atoms with Crippen molar-refractivity contribution in [1.82, 2.24) is 10.3 Å². The first-order valence-corrected chi connectivity index (χ1v) is 7.36. The molecular formula is C14H19BrN2O. The summed E-state index contributed by atoms with van der Waals surface area (Å²) in [6.07, 6.45) is 6.76. The first-order valence-electron chi connectivity index (χ1n) is 6.56. The average molecular weight is 311 g/mol. The van der Waals surface area contributed by atoms with E-state index >= 15 is 0 Å². The Bertz CT molecular complexity index is 405. The van der Waals surface area contributed by atoms with E-state index in [0.717, 1.165) is 17.1 Å². The minimum atomic E-state index is -0.0206. The number of carbonyl (C=O) groups excluding carboxylic acids is 1. The third kappa shape index (κ3) is 3.55. The van der Waals surface area contributed by atoms with Crippen LogP contribution in [0.1, 0.15) is 43.0 Å². The lowest BCUT2D eigenvalue weighted by Gasteiger charge is -2.28. The Morgan fingerprint density at radius 2 is 2.22 bits per heavy atom. The monoisotopic (exact) mass is 310 g/mol. The van der Waals surface area contributed by atoms with Gasteiger partial charge in [-0.25, -0.2) is 4.98 Å². The minimum absolute atomic E-state index is 0.0206. The molecule has 1 aliphatic rings. The largest absolute Gasteiger partial charge is 0.352 e. The van der Waals surface area contributed by atoms with Crippen LogP contribution >= 0.6 is 15.9 Å². The molecule has 98 valence electrons. The highest BCUT2D eigenvalue weighted by Crippen LogP contribution is 2.28. The Morgan fingerprint density at radius 3 is 2.89 bits per heavy atom. The number of rotatable bonds is 3. The van der Waals surface area contributed by atoms with Crippen molar-refractivity contribution in [3.05, 3.63) is 28.5 Å². The molecule has 2 rings (SSSR count). The molecule has 0 radical (unpaired) electrons. The summed E-state index contributed by atoms with van der Waals surface area (Å²) in [4.78, 5) is 16.0. The van der Waals surface area contributed by atoms with Crippen LogP contribution in [0.2, 0.25) is 0 Å². The highest BCUT2D eigenvalue weighted by molar-refractivity contribution is 9.10. The third-order valence-corrected chi connectivity index (χ3v) is 4.27. The fraction of sp³-hybridized carbons (Fsp3) is 0.571. The number of aromatic nitrogens is 1. The van der Waals surface area contributed by atoms with Gasteiger partial charge in [-0.2, -0.15) is 0 Å². The Morgan fingerprint density at radius 1 is 1.44 bits per heavy atom. The van der Waals surface area contributed by atoms with Gasteiger partial charge in [0.15, 0.2) is 0 Å². The van der Waals surface area contributed by atoms with E-state index in [2.05, 4.69) is 33.2 Å². The molecule has 1 aromatic heterocycles. The maximum absolute atomic E-state index is 11.9. The van der Waals surface area contributed by atoms with Gasteiger partial charge >= 0.3 is 0 Å². The molecule has 0 spiro atoms. The molecule has 0 aliphatic heterocycles. The summed E-state index contributed by atoms with van der Waals surface area (Å²) in [6, 6.07) is 3.58. The Balaban J connectivity index is 1.86. The minimum Gasteiger partial charge on any atom is -0.352 e. The number of nitrogens with one attached hydrogen (secondary N) is 1. The van der Waals surface area contributed by atoms with Crippen LogP contribution in [0.4, 0.5) is 0 Å². The van der Waals surface area contributed by atoms with Gasteiger partial charge in [-0.3, -0.25) is 4.79 Å². The Labute approximate surface area is 117 Å². The highest BCUT2D eigenvalue weighted by atomic mass is 79.9. The molecule has 0 bridgehead atoms. The van der Waals surface area contributed by atoms with Crippen LogP contribution in [0.5, 0.6) is 0 Å². The number of nitrogens with zero attached hydrogens (tertiary/aromatic N) is 1. The molecule has 1 aliphatic carbocycles. The molecule has 0 aromatic carbocycles. The van der Waals surface area contributed by atoms with Crippen molar-refractivity contribution in [3.63, 3.8) is 0 Å². The molecule has 1 saturated carbocycles. The van der Waals surface area contributed by atoms with Crippen LogP contribution in [0, 0.1) is 11.8 Å². The van der Waals surface area contributed by atoms with E-state index in [0.29, 0.717) is 11.5 Å².